The number of halogens is 1. The number of anilines is 1. The van der Waals surface area contributed by atoms with Gasteiger partial charge in [0.25, 0.3) is 5.91 Å². The molecule has 0 fully saturated rings. The van der Waals surface area contributed by atoms with E-state index in [0.717, 1.165) is 12.0 Å². The smallest absolute Gasteiger partial charge is 0.253 e. The van der Waals surface area contributed by atoms with Crippen molar-refractivity contribution in [2.45, 2.75) is 40.2 Å². The molecule has 1 aromatic heterocycles. The first-order valence-electron chi connectivity index (χ1n) is 9.49. The van der Waals surface area contributed by atoms with Crippen LogP contribution in [0.3, 0.4) is 0 Å². The van der Waals surface area contributed by atoms with Gasteiger partial charge in [-0.05, 0) is 44.0 Å². The number of aryl methyl sites for hydroxylation is 2. The second kappa shape index (κ2) is 8.77. The molecule has 150 valence electrons. The number of hydrogen-bond acceptors (Lipinski definition) is 4. The number of carbonyl (C=O) groups is 2. The molecule has 0 spiro atoms. The van der Waals surface area contributed by atoms with Crippen LogP contribution in [0.2, 0.25) is 0 Å². The fraction of sp³-hybridized carbons (Fsp3) is 0.273. The van der Waals surface area contributed by atoms with E-state index in [1.54, 1.807) is 26.0 Å². The lowest BCUT2D eigenvalue weighted by atomic mass is 10.1. The average molecular weight is 394 g/mol. The topological polar surface area (TPSA) is 84.0 Å². The van der Waals surface area contributed by atoms with Crippen LogP contribution >= 0.6 is 0 Å². The van der Waals surface area contributed by atoms with Gasteiger partial charge in [0.05, 0.1) is 22.5 Å². The Hall–Kier alpha value is -3.35. The number of benzene rings is 2. The lowest BCUT2D eigenvalue weighted by Gasteiger charge is -2.10. The van der Waals surface area contributed by atoms with Gasteiger partial charge < -0.3 is 10.6 Å². The summed E-state index contributed by atoms with van der Waals surface area (Å²) in [7, 11) is 0. The van der Waals surface area contributed by atoms with Crippen molar-refractivity contribution in [2.75, 3.05) is 5.32 Å². The first-order chi connectivity index (χ1) is 13.9. The summed E-state index contributed by atoms with van der Waals surface area (Å²) in [5, 5.41) is 5.60. The lowest BCUT2D eigenvalue weighted by Crippen LogP contribution is -2.23. The van der Waals surface area contributed by atoms with Gasteiger partial charge in [0, 0.05) is 24.7 Å². The van der Waals surface area contributed by atoms with Crippen molar-refractivity contribution < 1.29 is 14.0 Å². The molecule has 0 aliphatic heterocycles. The Balaban J connectivity index is 1.73. The Morgan fingerprint density at radius 3 is 2.41 bits per heavy atom. The zero-order valence-corrected chi connectivity index (χ0v) is 16.7. The molecule has 0 bridgehead atoms. The van der Waals surface area contributed by atoms with Gasteiger partial charge in [-0.3, -0.25) is 9.59 Å². The predicted molar refractivity (Wildman–Crippen MR) is 110 cm³/mol. The van der Waals surface area contributed by atoms with Gasteiger partial charge in [0.2, 0.25) is 5.91 Å². The highest BCUT2D eigenvalue weighted by Gasteiger charge is 2.15. The summed E-state index contributed by atoms with van der Waals surface area (Å²) >= 11 is 0. The third kappa shape index (κ3) is 4.93. The first kappa shape index (κ1) is 20.4. The summed E-state index contributed by atoms with van der Waals surface area (Å²) in [6, 6.07) is 9.65. The zero-order valence-electron chi connectivity index (χ0n) is 16.7. The summed E-state index contributed by atoms with van der Waals surface area (Å²) in [6.07, 6.45) is 1.26. The van der Waals surface area contributed by atoms with E-state index in [1.165, 1.54) is 12.1 Å². The van der Waals surface area contributed by atoms with Crippen LogP contribution in [0.15, 0.2) is 36.4 Å². The summed E-state index contributed by atoms with van der Waals surface area (Å²) in [4.78, 5) is 33.0. The molecule has 0 saturated carbocycles. The Morgan fingerprint density at radius 2 is 1.72 bits per heavy atom. The Bertz CT molecular complexity index is 1060. The normalized spacial score (nSPS) is 10.8. The fourth-order valence-corrected chi connectivity index (χ4v) is 2.90. The van der Waals surface area contributed by atoms with E-state index in [9.17, 15) is 14.0 Å². The molecule has 3 aromatic rings. The monoisotopic (exact) mass is 394 g/mol. The van der Waals surface area contributed by atoms with Crippen molar-refractivity contribution in [3.05, 3.63) is 64.7 Å². The fourth-order valence-electron chi connectivity index (χ4n) is 2.90. The van der Waals surface area contributed by atoms with Crippen LogP contribution in [0.25, 0.3) is 11.0 Å². The van der Waals surface area contributed by atoms with Gasteiger partial charge in [-0.1, -0.05) is 19.1 Å². The molecule has 0 aliphatic carbocycles. The van der Waals surface area contributed by atoms with Crippen LogP contribution in [0, 0.1) is 19.7 Å². The van der Waals surface area contributed by atoms with Crippen molar-refractivity contribution in [3.8, 4) is 0 Å². The van der Waals surface area contributed by atoms with Gasteiger partial charge in [0.1, 0.15) is 11.3 Å². The molecule has 1 heterocycles. The number of fused-ring (bicyclic) bond motifs is 1. The van der Waals surface area contributed by atoms with E-state index >= 15 is 0 Å². The van der Waals surface area contributed by atoms with Crippen molar-refractivity contribution in [1.29, 1.82) is 0 Å². The van der Waals surface area contributed by atoms with Crippen molar-refractivity contribution >= 4 is 28.5 Å². The van der Waals surface area contributed by atoms with Crippen molar-refractivity contribution in [2.24, 2.45) is 0 Å². The van der Waals surface area contributed by atoms with Crippen LogP contribution in [0.4, 0.5) is 10.1 Å². The lowest BCUT2D eigenvalue weighted by molar-refractivity contribution is -0.116. The Labute approximate surface area is 168 Å². The molecule has 0 radical (unpaired) electrons. The molecule has 2 amide bonds. The average Bonchev–Trinajstić information content (AvgIpc) is 2.68. The third-order valence-electron chi connectivity index (χ3n) is 4.56. The van der Waals surface area contributed by atoms with E-state index in [1.807, 2.05) is 19.1 Å². The molecule has 6 nitrogen and oxygen atoms in total. The molecule has 29 heavy (non-hydrogen) atoms. The van der Waals surface area contributed by atoms with Gasteiger partial charge in [-0.15, -0.1) is 0 Å². The molecule has 3 rings (SSSR count). The maximum Gasteiger partial charge on any atom is 0.253 e. The summed E-state index contributed by atoms with van der Waals surface area (Å²) in [5.74, 6) is -0.988. The number of rotatable bonds is 6. The van der Waals surface area contributed by atoms with E-state index < -0.39 is 11.7 Å². The maximum absolute atomic E-state index is 14.0. The molecular formula is C22H23FN4O2. The molecule has 2 aromatic carbocycles. The second-order valence-corrected chi connectivity index (χ2v) is 6.89. The number of nitrogens with zero attached hydrogens (tertiary/aromatic N) is 2. The maximum atomic E-state index is 14.0. The number of nitrogens with one attached hydrogen (secondary N) is 2. The van der Waals surface area contributed by atoms with Crippen LogP contribution in [-0.2, 0) is 11.3 Å². The highest BCUT2D eigenvalue weighted by molar-refractivity contribution is 6.04. The number of aromatic nitrogens is 2. The number of carbonyl (C=O) groups excluding carboxylic acids is 2. The highest BCUT2D eigenvalue weighted by Crippen LogP contribution is 2.19. The molecule has 7 heteroatoms. The largest absolute Gasteiger partial charge is 0.348 e. The molecule has 0 unspecified atom stereocenters. The summed E-state index contributed by atoms with van der Waals surface area (Å²) in [5.41, 5.74) is 3.83. The predicted octanol–water partition coefficient (Wildman–Crippen LogP) is 4.05. The van der Waals surface area contributed by atoms with E-state index in [-0.39, 0.29) is 18.0 Å². The molecular weight excluding hydrogens is 371 g/mol. The second-order valence-electron chi connectivity index (χ2n) is 6.89. The minimum atomic E-state index is -0.535. The zero-order chi connectivity index (χ0) is 21.0. The molecule has 0 saturated heterocycles. The van der Waals surface area contributed by atoms with Gasteiger partial charge in [0.15, 0.2) is 0 Å². The summed E-state index contributed by atoms with van der Waals surface area (Å²) in [6.45, 7) is 5.80. The number of hydrogen-bond donors (Lipinski definition) is 2. The SMILES string of the molecule is CCCC(=O)Nc1ccc(CNC(=O)c2cc(F)cc3nc(C)c(C)nc23)cc1. The minimum Gasteiger partial charge on any atom is -0.348 e. The van der Waals surface area contributed by atoms with Gasteiger partial charge >= 0.3 is 0 Å². The van der Waals surface area contributed by atoms with Crippen LogP contribution in [0.5, 0.6) is 0 Å². The minimum absolute atomic E-state index is 0.0295. The van der Waals surface area contributed by atoms with E-state index in [4.69, 9.17) is 0 Å². The van der Waals surface area contributed by atoms with Crippen molar-refractivity contribution in [3.63, 3.8) is 0 Å². The van der Waals surface area contributed by atoms with Gasteiger partial charge in [-0.2, -0.15) is 0 Å². The standard InChI is InChI=1S/C22H23FN4O2/c1-4-5-20(28)27-17-8-6-15(7-9-17)12-24-22(29)18-10-16(23)11-19-21(18)26-14(3)13(2)25-19/h6-11H,4-5,12H2,1-3H3,(H,24,29)(H,27,28). The van der Waals surface area contributed by atoms with E-state index in [2.05, 4.69) is 20.6 Å². The highest BCUT2D eigenvalue weighted by atomic mass is 19.1. The molecule has 2 N–H and O–H groups in total. The number of amides is 2. The Morgan fingerprint density at radius 1 is 1.03 bits per heavy atom. The Kier molecular flexibility index (Phi) is 6.16. The van der Waals surface area contributed by atoms with Crippen LogP contribution < -0.4 is 10.6 Å². The van der Waals surface area contributed by atoms with Crippen LogP contribution in [0.1, 0.15) is 47.1 Å². The molecule has 0 atom stereocenters. The quantitative estimate of drug-likeness (QED) is 0.661. The first-order valence-corrected chi connectivity index (χ1v) is 9.49. The van der Waals surface area contributed by atoms with Crippen molar-refractivity contribution in [1.82, 2.24) is 15.3 Å². The van der Waals surface area contributed by atoms with Crippen LogP contribution in [-0.4, -0.2) is 21.8 Å². The summed E-state index contributed by atoms with van der Waals surface area (Å²) < 4.78 is 14.0. The third-order valence-corrected chi connectivity index (χ3v) is 4.56. The molecule has 0 aliphatic rings. The van der Waals surface area contributed by atoms with E-state index in [0.29, 0.717) is 34.5 Å². The van der Waals surface area contributed by atoms with Gasteiger partial charge in [-0.25, -0.2) is 14.4 Å².